The van der Waals surface area contributed by atoms with E-state index in [9.17, 15) is 9.59 Å². The average molecular weight is 369 g/mol. The Bertz CT molecular complexity index is 1370. The van der Waals surface area contributed by atoms with Crippen LogP contribution in [0.3, 0.4) is 0 Å². The number of ketones is 2. The summed E-state index contributed by atoms with van der Waals surface area (Å²) in [5, 5.41) is 8.17. The van der Waals surface area contributed by atoms with Crippen molar-refractivity contribution in [3.05, 3.63) is 80.6 Å². The van der Waals surface area contributed by atoms with Gasteiger partial charge < -0.3 is 0 Å². The Balaban J connectivity index is 1.84. The van der Waals surface area contributed by atoms with Gasteiger partial charge in [-0.1, -0.05) is 49.4 Å². The summed E-state index contributed by atoms with van der Waals surface area (Å²) in [5.74, 6) is 0.0654. The van der Waals surface area contributed by atoms with E-state index in [1.54, 1.807) is 24.1 Å². The lowest BCUT2D eigenvalue weighted by Gasteiger charge is -2.26. The number of rotatable bonds is 2. The van der Waals surface area contributed by atoms with E-state index in [0.29, 0.717) is 17.8 Å². The second-order valence-electron chi connectivity index (χ2n) is 7.54. The topological polar surface area (TPSA) is 64.8 Å². The molecule has 5 rings (SSSR count). The smallest absolute Gasteiger partial charge is 0.187 e. The summed E-state index contributed by atoms with van der Waals surface area (Å²) in [6, 6.07) is 11.9. The molecule has 0 saturated carbocycles. The Hall–Kier alpha value is -3.34. The van der Waals surface area contributed by atoms with Gasteiger partial charge in [-0.25, -0.2) is 4.98 Å². The van der Waals surface area contributed by atoms with Crippen molar-refractivity contribution in [3.63, 3.8) is 0 Å². The molecule has 0 N–H and O–H groups in total. The summed E-state index contributed by atoms with van der Waals surface area (Å²) < 4.78 is 1.63. The van der Waals surface area contributed by atoms with E-state index >= 15 is 0 Å². The molecular formula is C23H19N3O2. The molecule has 2 aliphatic carbocycles. The first kappa shape index (κ1) is 16.8. The van der Waals surface area contributed by atoms with E-state index in [1.165, 1.54) is 0 Å². The van der Waals surface area contributed by atoms with Crippen molar-refractivity contribution in [3.8, 4) is 0 Å². The van der Waals surface area contributed by atoms with Crippen molar-refractivity contribution in [2.45, 2.75) is 19.3 Å². The Kier molecular flexibility index (Phi) is 3.66. The van der Waals surface area contributed by atoms with Gasteiger partial charge in [-0.2, -0.15) is 5.10 Å². The van der Waals surface area contributed by atoms with E-state index in [-0.39, 0.29) is 17.5 Å². The zero-order chi connectivity index (χ0) is 19.4. The quantitative estimate of drug-likeness (QED) is 0.685. The van der Waals surface area contributed by atoms with Crippen LogP contribution in [0, 0.1) is 16.4 Å². The molecule has 2 unspecified atom stereocenters. The standard InChI is InChI=1S/C23H19N3O2/c1-13-9-15-7-8-17-16-6-4-3-5-14(16)10-19(27)22(17)21(15)18(23(13)28)11-20-24-12-26(2)25-20/h3-10,12-13,18H,11H2,1-2H3. The number of Topliss-reactive ketones (excluding diaryl/α,β-unsaturated/α-hetero) is 2. The minimum Gasteiger partial charge on any atom is -0.298 e. The van der Waals surface area contributed by atoms with Crippen LogP contribution in [0.1, 0.15) is 34.6 Å². The predicted octanol–water partition coefficient (Wildman–Crippen LogP) is 1.40. The van der Waals surface area contributed by atoms with Crippen molar-refractivity contribution >= 4 is 23.7 Å². The van der Waals surface area contributed by atoms with Crippen LogP contribution in [0.5, 0.6) is 0 Å². The van der Waals surface area contributed by atoms with Crippen LogP contribution >= 0.6 is 0 Å². The zero-order valence-electron chi connectivity index (χ0n) is 15.7. The fourth-order valence-corrected chi connectivity index (χ4v) is 4.40. The largest absolute Gasteiger partial charge is 0.298 e. The molecule has 0 saturated heterocycles. The molecule has 0 fully saturated rings. The van der Waals surface area contributed by atoms with Crippen molar-refractivity contribution in [2.75, 3.05) is 0 Å². The Morgan fingerprint density at radius 2 is 1.86 bits per heavy atom. The Morgan fingerprint density at radius 3 is 2.64 bits per heavy atom. The molecule has 3 aromatic rings. The minimum atomic E-state index is -0.421. The van der Waals surface area contributed by atoms with Crippen LogP contribution in [0.15, 0.2) is 42.7 Å². The highest BCUT2D eigenvalue weighted by Gasteiger charge is 2.33. The van der Waals surface area contributed by atoms with Gasteiger partial charge in [-0.05, 0) is 32.5 Å². The number of benzene rings is 2. The molecule has 0 spiro atoms. The van der Waals surface area contributed by atoms with Crippen LogP contribution in [-0.4, -0.2) is 26.3 Å². The summed E-state index contributed by atoms with van der Waals surface area (Å²) in [5.41, 5.74) is 1.47. The van der Waals surface area contributed by atoms with Gasteiger partial charge in [-0.15, -0.1) is 0 Å². The SMILES string of the molecule is CC1C=c2ccc3c(c2C(Cc2ncn(C)n2)C1=O)C(=O)C=c1ccccc1=3. The van der Waals surface area contributed by atoms with Gasteiger partial charge in [0.2, 0.25) is 0 Å². The third-order valence-electron chi connectivity index (χ3n) is 5.67. The monoisotopic (exact) mass is 369 g/mol. The molecule has 2 aliphatic rings. The summed E-state index contributed by atoms with van der Waals surface area (Å²) in [4.78, 5) is 30.5. The first-order valence-electron chi connectivity index (χ1n) is 9.41. The number of carbonyl (C=O) groups excluding carboxylic acids is 2. The molecule has 5 heteroatoms. The molecule has 1 aromatic heterocycles. The second kappa shape index (κ2) is 6.09. The lowest BCUT2D eigenvalue weighted by Crippen LogP contribution is -2.35. The molecule has 0 radical (unpaired) electrons. The Labute approximate surface area is 161 Å². The fourth-order valence-electron chi connectivity index (χ4n) is 4.40. The first-order valence-corrected chi connectivity index (χ1v) is 9.41. The van der Waals surface area contributed by atoms with Gasteiger partial charge in [-0.3, -0.25) is 14.3 Å². The molecule has 138 valence electrons. The van der Waals surface area contributed by atoms with Crippen molar-refractivity contribution < 1.29 is 9.59 Å². The summed E-state index contributed by atoms with van der Waals surface area (Å²) in [6.45, 7) is 1.91. The van der Waals surface area contributed by atoms with Gasteiger partial charge in [0, 0.05) is 24.9 Å². The number of aryl methyl sites for hydroxylation is 1. The van der Waals surface area contributed by atoms with Crippen molar-refractivity contribution in [2.24, 2.45) is 13.0 Å². The van der Waals surface area contributed by atoms with Gasteiger partial charge >= 0.3 is 0 Å². The van der Waals surface area contributed by atoms with Gasteiger partial charge in [0.1, 0.15) is 12.1 Å². The molecule has 0 amide bonds. The van der Waals surface area contributed by atoms with Gasteiger partial charge in [0.15, 0.2) is 11.6 Å². The van der Waals surface area contributed by atoms with E-state index in [2.05, 4.69) is 10.1 Å². The lowest BCUT2D eigenvalue weighted by atomic mass is 9.76. The van der Waals surface area contributed by atoms with E-state index in [4.69, 9.17) is 0 Å². The third kappa shape index (κ3) is 2.47. The van der Waals surface area contributed by atoms with Gasteiger partial charge in [0.05, 0.1) is 5.92 Å². The maximum Gasteiger partial charge on any atom is 0.187 e. The Morgan fingerprint density at radius 1 is 1.04 bits per heavy atom. The van der Waals surface area contributed by atoms with Crippen LogP contribution in [-0.2, 0) is 18.3 Å². The highest BCUT2D eigenvalue weighted by atomic mass is 16.1. The lowest BCUT2D eigenvalue weighted by molar-refractivity contribution is -0.122. The van der Waals surface area contributed by atoms with Crippen molar-refractivity contribution in [1.82, 2.24) is 14.8 Å². The second-order valence-corrected chi connectivity index (χ2v) is 7.54. The molecule has 2 atom stereocenters. The highest BCUT2D eigenvalue weighted by molar-refractivity contribution is 6.19. The van der Waals surface area contributed by atoms with Crippen LogP contribution < -0.4 is 10.4 Å². The predicted molar refractivity (Wildman–Crippen MR) is 105 cm³/mol. The molecule has 28 heavy (non-hydrogen) atoms. The van der Waals surface area contributed by atoms with Crippen LogP contribution in [0.4, 0.5) is 0 Å². The zero-order valence-corrected chi connectivity index (χ0v) is 15.7. The van der Waals surface area contributed by atoms with E-state index in [1.807, 2.05) is 49.4 Å². The molecule has 2 aromatic carbocycles. The van der Waals surface area contributed by atoms with Gasteiger partial charge in [0.25, 0.3) is 0 Å². The minimum absolute atomic E-state index is 0.0414. The van der Waals surface area contributed by atoms with Crippen LogP contribution in [0.25, 0.3) is 12.2 Å². The normalized spacial score (nSPS) is 19.9. The maximum atomic E-state index is 13.1. The number of nitrogens with zero attached hydrogens (tertiary/aromatic N) is 3. The maximum absolute atomic E-state index is 13.1. The van der Waals surface area contributed by atoms with E-state index in [0.717, 1.165) is 26.4 Å². The summed E-state index contributed by atoms with van der Waals surface area (Å²) >= 11 is 0. The summed E-state index contributed by atoms with van der Waals surface area (Å²) in [7, 11) is 1.81. The van der Waals surface area contributed by atoms with Crippen molar-refractivity contribution in [1.29, 1.82) is 0 Å². The highest BCUT2D eigenvalue weighted by Crippen LogP contribution is 2.30. The number of fused-ring (bicyclic) bond motifs is 4. The van der Waals surface area contributed by atoms with Crippen LogP contribution in [0.2, 0.25) is 0 Å². The number of hydrogen-bond donors (Lipinski definition) is 0. The number of aromatic nitrogens is 3. The number of carbonyl (C=O) groups is 2. The average Bonchev–Trinajstić information content (AvgIpc) is 3.10. The molecular weight excluding hydrogens is 350 g/mol. The van der Waals surface area contributed by atoms with E-state index < -0.39 is 5.92 Å². The molecule has 0 aliphatic heterocycles. The third-order valence-corrected chi connectivity index (χ3v) is 5.67. The number of hydrogen-bond acceptors (Lipinski definition) is 4. The summed E-state index contributed by atoms with van der Waals surface area (Å²) in [6.07, 6.45) is 5.68. The molecule has 1 heterocycles. The molecule has 5 nitrogen and oxygen atoms in total. The first-order chi connectivity index (χ1) is 13.5. The molecule has 0 bridgehead atoms. The fraction of sp³-hybridized carbons (Fsp3) is 0.217.